The lowest BCUT2D eigenvalue weighted by atomic mass is 10.1. The van der Waals surface area contributed by atoms with Crippen molar-refractivity contribution in [1.82, 2.24) is 4.90 Å². The molecule has 1 rings (SSSR count). The average Bonchev–Trinajstić information content (AvgIpc) is 2.19. The van der Waals surface area contributed by atoms with Gasteiger partial charge in [-0.3, -0.25) is 4.90 Å². The Labute approximate surface area is 84.6 Å². The van der Waals surface area contributed by atoms with E-state index in [1.54, 1.807) is 0 Å². The molecular formula is C11H17NO2. The fourth-order valence-corrected chi connectivity index (χ4v) is 1.50. The lowest BCUT2D eigenvalue weighted by Gasteiger charge is -2.28. The van der Waals surface area contributed by atoms with E-state index in [4.69, 9.17) is 0 Å². The summed E-state index contributed by atoms with van der Waals surface area (Å²) in [5.74, 6) is 0. The minimum absolute atomic E-state index is 0.346. The Morgan fingerprint density at radius 1 is 1.21 bits per heavy atom. The predicted molar refractivity (Wildman–Crippen MR) is 55.7 cm³/mol. The van der Waals surface area contributed by atoms with Gasteiger partial charge in [-0.2, -0.15) is 0 Å². The molecule has 0 fully saturated rings. The van der Waals surface area contributed by atoms with E-state index in [0.29, 0.717) is 0 Å². The summed E-state index contributed by atoms with van der Waals surface area (Å²) >= 11 is 0. The molecule has 0 aromatic heterocycles. The zero-order valence-electron chi connectivity index (χ0n) is 8.59. The second kappa shape index (κ2) is 5.10. The summed E-state index contributed by atoms with van der Waals surface area (Å²) in [5.41, 5.74) is 0.923. The van der Waals surface area contributed by atoms with Gasteiger partial charge in [-0.25, -0.2) is 0 Å². The van der Waals surface area contributed by atoms with Crippen LogP contribution in [0.15, 0.2) is 30.3 Å². The van der Waals surface area contributed by atoms with Gasteiger partial charge in [0.15, 0.2) is 6.29 Å². The van der Waals surface area contributed by atoms with E-state index in [0.717, 1.165) is 12.1 Å². The quantitative estimate of drug-likeness (QED) is 0.704. The number of hydrogen-bond donors (Lipinski definition) is 2. The summed E-state index contributed by atoms with van der Waals surface area (Å²) in [7, 11) is 1.87. The summed E-state index contributed by atoms with van der Waals surface area (Å²) in [6.45, 7) is 2.76. The molecule has 0 aliphatic heterocycles. The summed E-state index contributed by atoms with van der Waals surface area (Å²) in [5, 5.41) is 18.6. The van der Waals surface area contributed by atoms with Gasteiger partial charge in [0.2, 0.25) is 0 Å². The fraction of sp³-hybridized carbons (Fsp3) is 0.455. The molecule has 3 nitrogen and oxygen atoms in total. The molecule has 0 aliphatic carbocycles. The van der Waals surface area contributed by atoms with Gasteiger partial charge in [0.25, 0.3) is 0 Å². The molecule has 2 N–H and O–H groups in total. The highest BCUT2D eigenvalue weighted by atomic mass is 16.5. The van der Waals surface area contributed by atoms with Crippen molar-refractivity contribution < 1.29 is 10.2 Å². The van der Waals surface area contributed by atoms with Crippen LogP contribution in [0.4, 0.5) is 0 Å². The van der Waals surface area contributed by atoms with Crippen LogP contribution in [0.2, 0.25) is 0 Å². The maximum absolute atomic E-state index is 9.28. The Kier molecular flexibility index (Phi) is 4.07. The zero-order valence-corrected chi connectivity index (χ0v) is 8.59. The molecule has 78 valence electrons. The molecule has 14 heavy (non-hydrogen) atoms. The molecule has 0 spiro atoms. The topological polar surface area (TPSA) is 43.7 Å². The van der Waals surface area contributed by atoms with E-state index < -0.39 is 6.29 Å². The van der Waals surface area contributed by atoms with E-state index in [-0.39, 0.29) is 6.04 Å². The number of hydrogen-bond acceptors (Lipinski definition) is 3. The third kappa shape index (κ3) is 2.54. The van der Waals surface area contributed by atoms with Crippen molar-refractivity contribution in [3.8, 4) is 0 Å². The third-order valence-electron chi connectivity index (χ3n) is 2.40. The van der Waals surface area contributed by atoms with Gasteiger partial charge in [0.1, 0.15) is 0 Å². The SMILES string of the molecule is CCN(C)C(c1ccccc1)C(O)O. The predicted octanol–water partition coefficient (Wildman–Crippen LogP) is 0.990. The van der Waals surface area contributed by atoms with Crippen molar-refractivity contribution in [3.63, 3.8) is 0 Å². The zero-order chi connectivity index (χ0) is 10.6. The van der Waals surface area contributed by atoms with Crippen LogP contribution in [-0.4, -0.2) is 35.0 Å². The monoisotopic (exact) mass is 195 g/mol. The number of nitrogens with zero attached hydrogens (tertiary/aromatic N) is 1. The van der Waals surface area contributed by atoms with Crippen molar-refractivity contribution in [2.24, 2.45) is 0 Å². The number of likely N-dealkylation sites (N-methyl/N-ethyl adjacent to an activating group) is 1. The van der Waals surface area contributed by atoms with Gasteiger partial charge < -0.3 is 10.2 Å². The van der Waals surface area contributed by atoms with E-state index in [2.05, 4.69) is 0 Å². The first-order valence-electron chi connectivity index (χ1n) is 4.78. The summed E-state index contributed by atoms with van der Waals surface area (Å²) in [6.07, 6.45) is -1.35. The molecule has 1 unspecified atom stereocenters. The fourth-order valence-electron chi connectivity index (χ4n) is 1.50. The van der Waals surface area contributed by atoms with Crippen molar-refractivity contribution in [1.29, 1.82) is 0 Å². The van der Waals surface area contributed by atoms with Crippen LogP contribution in [0.5, 0.6) is 0 Å². The molecule has 1 atom stereocenters. The van der Waals surface area contributed by atoms with Crippen molar-refractivity contribution in [3.05, 3.63) is 35.9 Å². The van der Waals surface area contributed by atoms with Crippen LogP contribution in [0.25, 0.3) is 0 Å². The van der Waals surface area contributed by atoms with Crippen LogP contribution in [-0.2, 0) is 0 Å². The van der Waals surface area contributed by atoms with Crippen molar-refractivity contribution in [2.75, 3.05) is 13.6 Å². The highest BCUT2D eigenvalue weighted by Gasteiger charge is 2.21. The first-order chi connectivity index (χ1) is 6.66. The minimum Gasteiger partial charge on any atom is -0.366 e. The first kappa shape index (κ1) is 11.2. The maximum Gasteiger partial charge on any atom is 0.171 e. The van der Waals surface area contributed by atoms with Gasteiger partial charge in [-0.05, 0) is 19.2 Å². The molecule has 0 radical (unpaired) electrons. The second-order valence-corrected chi connectivity index (χ2v) is 3.34. The Balaban J connectivity index is 2.89. The molecule has 0 aliphatic rings. The van der Waals surface area contributed by atoms with Crippen LogP contribution in [0.1, 0.15) is 18.5 Å². The highest BCUT2D eigenvalue weighted by molar-refractivity contribution is 5.19. The van der Waals surface area contributed by atoms with Gasteiger partial charge >= 0.3 is 0 Å². The van der Waals surface area contributed by atoms with Crippen molar-refractivity contribution in [2.45, 2.75) is 19.3 Å². The van der Waals surface area contributed by atoms with Crippen LogP contribution < -0.4 is 0 Å². The Bertz CT molecular complexity index is 261. The molecule has 0 heterocycles. The number of aliphatic hydroxyl groups excluding tert-OH is 1. The van der Waals surface area contributed by atoms with E-state index in [1.165, 1.54) is 0 Å². The summed E-state index contributed by atoms with van der Waals surface area (Å²) < 4.78 is 0. The Morgan fingerprint density at radius 2 is 1.79 bits per heavy atom. The van der Waals surface area contributed by atoms with Crippen molar-refractivity contribution >= 4 is 0 Å². The van der Waals surface area contributed by atoms with E-state index in [1.807, 2.05) is 49.2 Å². The lowest BCUT2D eigenvalue weighted by Crippen LogP contribution is -2.33. The molecule has 0 amide bonds. The highest BCUT2D eigenvalue weighted by Crippen LogP contribution is 2.21. The largest absolute Gasteiger partial charge is 0.366 e. The number of benzene rings is 1. The molecule has 0 saturated carbocycles. The normalized spacial score (nSPS) is 13.6. The smallest absolute Gasteiger partial charge is 0.171 e. The minimum atomic E-state index is -1.35. The third-order valence-corrected chi connectivity index (χ3v) is 2.40. The molecule has 0 saturated heterocycles. The molecular weight excluding hydrogens is 178 g/mol. The van der Waals surface area contributed by atoms with Gasteiger partial charge in [-0.1, -0.05) is 37.3 Å². The standard InChI is InChI=1S/C11H17NO2/c1-3-12(2)10(11(13)14)9-7-5-4-6-8-9/h4-8,10-11,13-14H,3H2,1-2H3. The first-order valence-corrected chi connectivity index (χ1v) is 4.78. The van der Waals surface area contributed by atoms with Crippen LogP contribution in [0.3, 0.4) is 0 Å². The lowest BCUT2D eigenvalue weighted by molar-refractivity contribution is -0.0964. The van der Waals surface area contributed by atoms with Gasteiger partial charge in [-0.15, -0.1) is 0 Å². The second-order valence-electron chi connectivity index (χ2n) is 3.34. The Morgan fingerprint density at radius 3 is 2.21 bits per heavy atom. The van der Waals surface area contributed by atoms with Crippen LogP contribution >= 0.6 is 0 Å². The van der Waals surface area contributed by atoms with E-state index in [9.17, 15) is 10.2 Å². The molecule has 1 aromatic carbocycles. The summed E-state index contributed by atoms with van der Waals surface area (Å²) in [6, 6.07) is 9.16. The van der Waals surface area contributed by atoms with Gasteiger partial charge in [0.05, 0.1) is 6.04 Å². The average molecular weight is 195 g/mol. The maximum atomic E-state index is 9.28. The van der Waals surface area contributed by atoms with Gasteiger partial charge in [0, 0.05) is 0 Å². The molecule has 3 heteroatoms. The molecule has 0 bridgehead atoms. The number of aliphatic hydroxyl groups is 2. The van der Waals surface area contributed by atoms with E-state index >= 15 is 0 Å². The number of rotatable bonds is 4. The van der Waals surface area contributed by atoms with Crippen LogP contribution in [0, 0.1) is 0 Å². The molecule has 1 aromatic rings. The Hall–Kier alpha value is -0.900. The summed E-state index contributed by atoms with van der Waals surface area (Å²) in [4.78, 5) is 1.90.